The van der Waals surface area contributed by atoms with Gasteiger partial charge in [0.2, 0.25) is 0 Å². The lowest BCUT2D eigenvalue weighted by Gasteiger charge is -2.30. The average molecular weight is 309 g/mol. The summed E-state index contributed by atoms with van der Waals surface area (Å²) in [5.41, 5.74) is 2.94. The van der Waals surface area contributed by atoms with Crippen LogP contribution in [0, 0.1) is 5.92 Å². The molecule has 0 saturated carbocycles. The summed E-state index contributed by atoms with van der Waals surface area (Å²) in [6.45, 7) is 3.41. The fourth-order valence-corrected chi connectivity index (χ4v) is 4.06. The Kier molecular flexibility index (Phi) is 3.69. The van der Waals surface area contributed by atoms with E-state index in [4.69, 9.17) is 0 Å². The number of hydrogen-bond acceptors (Lipinski definition) is 2. The Morgan fingerprint density at radius 1 is 1.13 bits per heavy atom. The predicted molar refractivity (Wildman–Crippen MR) is 91.3 cm³/mol. The van der Waals surface area contributed by atoms with Crippen molar-refractivity contribution < 1.29 is 4.79 Å². The van der Waals surface area contributed by atoms with Crippen molar-refractivity contribution in [3.63, 3.8) is 0 Å². The Morgan fingerprint density at radius 2 is 1.96 bits per heavy atom. The quantitative estimate of drug-likeness (QED) is 0.946. The molecule has 2 aromatic rings. The molecule has 0 radical (unpaired) electrons. The predicted octanol–water partition coefficient (Wildman–Crippen LogP) is 2.52. The van der Waals surface area contributed by atoms with Crippen molar-refractivity contribution in [3.05, 3.63) is 48.2 Å². The summed E-state index contributed by atoms with van der Waals surface area (Å²) in [4.78, 5) is 15.1. The maximum absolute atomic E-state index is 12.7. The summed E-state index contributed by atoms with van der Waals surface area (Å²) in [6, 6.07) is 14.4. The van der Waals surface area contributed by atoms with Gasteiger partial charge >= 0.3 is 0 Å². The number of fused-ring (bicyclic) bond motifs is 2. The van der Waals surface area contributed by atoms with Gasteiger partial charge < -0.3 is 14.8 Å². The SMILES string of the molecule is Cn1c(C(=O)N[C@@H]2C[C@H]3CCN(C3)C2)ccc1-c1ccccc1. The van der Waals surface area contributed by atoms with Crippen molar-refractivity contribution in [1.82, 2.24) is 14.8 Å². The van der Waals surface area contributed by atoms with Gasteiger partial charge in [0.05, 0.1) is 0 Å². The van der Waals surface area contributed by atoms with Gasteiger partial charge in [0.1, 0.15) is 5.69 Å². The van der Waals surface area contributed by atoms with Crippen molar-refractivity contribution in [1.29, 1.82) is 0 Å². The lowest BCUT2D eigenvalue weighted by Crippen LogP contribution is -2.47. The normalized spacial score (nSPS) is 26.2. The highest BCUT2D eigenvalue weighted by Crippen LogP contribution is 2.27. The van der Waals surface area contributed by atoms with Gasteiger partial charge in [-0.05, 0) is 43.0 Å². The van der Waals surface area contributed by atoms with Gasteiger partial charge in [-0.2, -0.15) is 0 Å². The molecule has 1 N–H and O–H groups in total. The fraction of sp³-hybridized carbons (Fsp3) is 0.421. The zero-order valence-corrected chi connectivity index (χ0v) is 13.5. The van der Waals surface area contributed by atoms with E-state index in [1.54, 1.807) is 0 Å². The number of nitrogens with zero attached hydrogens (tertiary/aromatic N) is 2. The number of aromatic nitrogens is 1. The van der Waals surface area contributed by atoms with E-state index in [2.05, 4.69) is 22.3 Å². The van der Waals surface area contributed by atoms with E-state index in [0.717, 1.165) is 35.8 Å². The summed E-state index contributed by atoms with van der Waals surface area (Å²) in [5, 5.41) is 3.24. The number of rotatable bonds is 3. The Morgan fingerprint density at radius 3 is 2.74 bits per heavy atom. The van der Waals surface area contributed by atoms with E-state index in [0.29, 0.717) is 6.04 Å². The molecule has 2 bridgehead atoms. The van der Waals surface area contributed by atoms with Gasteiger partial charge in [0.25, 0.3) is 5.91 Å². The van der Waals surface area contributed by atoms with Crippen LogP contribution in [0.4, 0.5) is 0 Å². The molecule has 2 aliphatic heterocycles. The van der Waals surface area contributed by atoms with E-state index >= 15 is 0 Å². The second-order valence-electron chi connectivity index (χ2n) is 6.85. The maximum atomic E-state index is 12.7. The Balaban J connectivity index is 1.50. The monoisotopic (exact) mass is 309 g/mol. The van der Waals surface area contributed by atoms with Gasteiger partial charge in [-0.3, -0.25) is 4.79 Å². The van der Waals surface area contributed by atoms with Gasteiger partial charge in [-0.1, -0.05) is 30.3 Å². The van der Waals surface area contributed by atoms with Crippen molar-refractivity contribution >= 4 is 5.91 Å². The first-order chi connectivity index (χ1) is 11.2. The highest BCUT2D eigenvalue weighted by atomic mass is 16.2. The number of piperidine rings is 1. The van der Waals surface area contributed by atoms with Crippen molar-refractivity contribution in [3.8, 4) is 11.3 Å². The summed E-state index contributed by atoms with van der Waals surface area (Å²) in [7, 11) is 1.96. The van der Waals surface area contributed by atoms with E-state index in [1.807, 2.05) is 41.9 Å². The van der Waals surface area contributed by atoms with E-state index in [1.165, 1.54) is 19.5 Å². The Labute approximate surface area is 137 Å². The molecule has 3 atom stereocenters. The van der Waals surface area contributed by atoms with E-state index in [9.17, 15) is 4.79 Å². The van der Waals surface area contributed by atoms with Crippen LogP contribution in [0.15, 0.2) is 42.5 Å². The van der Waals surface area contributed by atoms with Crippen LogP contribution < -0.4 is 5.32 Å². The minimum absolute atomic E-state index is 0.0437. The fourth-order valence-electron chi connectivity index (χ4n) is 4.06. The molecule has 1 aromatic carbocycles. The van der Waals surface area contributed by atoms with E-state index in [-0.39, 0.29) is 5.91 Å². The molecule has 120 valence electrons. The highest BCUT2D eigenvalue weighted by molar-refractivity contribution is 5.94. The summed E-state index contributed by atoms with van der Waals surface area (Å²) in [5.74, 6) is 0.810. The minimum atomic E-state index is 0.0437. The molecule has 4 heteroatoms. The molecule has 2 fully saturated rings. The lowest BCUT2D eigenvalue weighted by molar-refractivity contribution is 0.0901. The smallest absolute Gasteiger partial charge is 0.268 e. The number of carbonyl (C=O) groups excluding carboxylic acids is 1. The molecule has 2 saturated heterocycles. The highest BCUT2D eigenvalue weighted by Gasteiger charge is 2.33. The van der Waals surface area contributed by atoms with Crippen LogP contribution in [0.5, 0.6) is 0 Å². The number of hydrogen-bond donors (Lipinski definition) is 1. The van der Waals surface area contributed by atoms with Crippen LogP contribution in [-0.4, -0.2) is 41.1 Å². The van der Waals surface area contributed by atoms with Crippen LogP contribution in [0.3, 0.4) is 0 Å². The third-order valence-corrected chi connectivity index (χ3v) is 5.23. The van der Waals surface area contributed by atoms with Gasteiger partial charge in [-0.15, -0.1) is 0 Å². The molecule has 4 rings (SSSR count). The zero-order chi connectivity index (χ0) is 15.8. The molecule has 0 spiro atoms. The third-order valence-electron chi connectivity index (χ3n) is 5.23. The van der Waals surface area contributed by atoms with Crippen LogP contribution in [0.1, 0.15) is 23.3 Å². The summed E-state index contributed by atoms with van der Waals surface area (Å²) < 4.78 is 1.99. The summed E-state index contributed by atoms with van der Waals surface area (Å²) >= 11 is 0. The molecule has 1 amide bonds. The average Bonchev–Trinajstić information content (AvgIpc) is 3.10. The van der Waals surface area contributed by atoms with E-state index < -0.39 is 0 Å². The topological polar surface area (TPSA) is 37.3 Å². The number of nitrogens with one attached hydrogen (secondary N) is 1. The largest absolute Gasteiger partial charge is 0.347 e. The first kappa shape index (κ1) is 14.5. The summed E-state index contributed by atoms with van der Waals surface area (Å²) in [6.07, 6.45) is 2.41. The van der Waals surface area contributed by atoms with Gasteiger partial charge in [0.15, 0.2) is 0 Å². The Hall–Kier alpha value is -2.07. The molecule has 4 nitrogen and oxygen atoms in total. The standard InChI is InChI=1S/C19H23N3O/c1-21-17(15-5-3-2-4-6-15)7-8-18(21)19(23)20-16-11-14-9-10-22(12-14)13-16/h2-8,14,16H,9-13H2,1H3,(H,20,23)/t14-,16-/m1/s1. The second kappa shape index (κ2) is 5.85. The maximum Gasteiger partial charge on any atom is 0.268 e. The van der Waals surface area contributed by atoms with Gasteiger partial charge in [0, 0.05) is 31.9 Å². The molecule has 2 aliphatic rings. The second-order valence-corrected chi connectivity index (χ2v) is 6.85. The molecule has 1 unspecified atom stereocenters. The third kappa shape index (κ3) is 2.79. The number of carbonyl (C=O) groups is 1. The van der Waals surface area contributed by atoms with Crippen LogP contribution in [0.2, 0.25) is 0 Å². The number of amides is 1. The van der Waals surface area contributed by atoms with Crippen LogP contribution in [0.25, 0.3) is 11.3 Å². The number of benzene rings is 1. The molecule has 0 aliphatic carbocycles. The first-order valence-corrected chi connectivity index (χ1v) is 8.45. The molecule has 3 heterocycles. The van der Waals surface area contributed by atoms with Crippen LogP contribution in [-0.2, 0) is 7.05 Å². The van der Waals surface area contributed by atoms with Gasteiger partial charge in [-0.25, -0.2) is 0 Å². The van der Waals surface area contributed by atoms with Crippen molar-refractivity contribution in [2.75, 3.05) is 19.6 Å². The van der Waals surface area contributed by atoms with Crippen molar-refractivity contribution in [2.45, 2.75) is 18.9 Å². The zero-order valence-electron chi connectivity index (χ0n) is 13.5. The Bertz CT molecular complexity index is 695. The molecular formula is C19H23N3O. The lowest BCUT2D eigenvalue weighted by atomic mass is 9.97. The molecular weight excluding hydrogens is 286 g/mol. The van der Waals surface area contributed by atoms with Crippen molar-refractivity contribution in [2.24, 2.45) is 13.0 Å². The molecule has 1 aromatic heterocycles. The molecule has 23 heavy (non-hydrogen) atoms. The first-order valence-electron chi connectivity index (χ1n) is 8.45. The minimum Gasteiger partial charge on any atom is -0.347 e. The van der Waals surface area contributed by atoms with Crippen LogP contribution >= 0.6 is 0 Å².